The van der Waals surface area contributed by atoms with E-state index in [1.165, 1.54) is 0 Å². The molecule has 86 valence electrons. The van der Waals surface area contributed by atoms with Crippen molar-refractivity contribution in [2.75, 3.05) is 0 Å². The van der Waals surface area contributed by atoms with Crippen molar-refractivity contribution < 1.29 is 9.59 Å². The lowest BCUT2D eigenvalue weighted by Gasteiger charge is -2.29. The van der Waals surface area contributed by atoms with Gasteiger partial charge in [0.15, 0.2) is 0 Å². The molecule has 1 fully saturated rings. The SMILES string of the molecule is CCCCC12C=C(Br)C=CC1C(=O)NC2=O. The zero-order valence-corrected chi connectivity index (χ0v) is 10.7. The maximum absolute atomic E-state index is 12.0. The van der Waals surface area contributed by atoms with Crippen molar-refractivity contribution in [1.82, 2.24) is 5.32 Å². The summed E-state index contributed by atoms with van der Waals surface area (Å²) >= 11 is 3.38. The van der Waals surface area contributed by atoms with Gasteiger partial charge in [-0.25, -0.2) is 0 Å². The second-order valence-electron chi connectivity index (χ2n) is 4.33. The van der Waals surface area contributed by atoms with Crippen molar-refractivity contribution in [2.24, 2.45) is 11.3 Å². The molecule has 2 atom stereocenters. The Labute approximate surface area is 103 Å². The molecule has 1 saturated heterocycles. The Morgan fingerprint density at radius 3 is 2.94 bits per heavy atom. The van der Waals surface area contributed by atoms with Crippen LogP contribution in [0.5, 0.6) is 0 Å². The maximum Gasteiger partial charge on any atom is 0.237 e. The molecule has 4 heteroatoms. The van der Waals surface area contributed by atoms with Crippen LogP contribution in [0.25, 0.3) is 0 Å². The number of hydrogen-bond acceptors (Lipinski definition) is 2. The molecule has 16 heavy (non-hydrogen) atoms. The monoisotopic (exact) mass is 283 g/mol. The molecule has 0 bridgehead atoms. The van der Waals surface area contributed by atoms with E-state index in [0.717, 1.165) is 23.7 Å². The lowest BCUT2D eigenvalue weighted by molar-refractivity contribution is -0.127. The quantitative estimate of drug-likeness (QED) is 0.808. The van der Waals surface area contributed by atoms with Gasteiger partial charge in [0.05, 0.1) is 11.3 Å². The van der Waals surface area contributed by atoms with Gasteiger partial charge in [-0.3, -0.25) is 14.9 Å². The topological polar surface area (TPSA) is 46.2 Å². The van der Waals surface area contributed by atoms with Gasteiger partial charge >= 0.3 is 0 Å². The van der Waals surface area contributed by atoms with Crippen molar-refractivity contribution in [1.29, 1.82) is 0 Å². The summed E-state index contributed by atoms with van der Waals surface area (Å²) in [6.45, 7) is 2.08. The standard InChI is InChI=1S/C12H14BrNO2/c1-2-3-6-12-7-8(13)4-5-9(12)10(15)14-11(12)16/h4-5,7,9H,2-3,6H2,1H3,(H,14,15,16). The zero-order valence-electron chi connectivity index (χ0n) is 9.13. The van der Waals surface area contributed by atoms with E-state index in [9.17, 15) is 9.59 Å². The fourth-order valence-corrected chi connectivity index (χ4v) is 2.95. The number of amides is 2. The van der Waals surface area contributed by atoms with Crippen LogP contribution in [0.2, 0.25) is 0 Å². The molecule has 3 nitrogen and oxygen atoms in total. The first-order valence-corrected chi connectivity index (χ1v) is 6.31. The number of unbranched alkanes of at least 4 members (excludes halogenated alkanes) is 1. The number of rotatable bonds is 3. The van der Waals surface area contributed by atoms with Crippen LogP contribution in [0.4, 0.5) is 0 Å². The highest BCUT2D eigenvalue weighted by Gasteiger charge is 2.53. The van der Waals surface area contributed by atoms with Gasteiger partial charge in [-0.15, -0.1) is 0 Å². The average Bonchev–Trinajstić information content (AvgIpc) is 2.48. The van der Waals surface area contributed by atoms with Crippen molar-refractivity contribution in [2.45, 2.75) is 26.2 Å². The van der Waals surface area contributed by atoms with Crippen LogP contribution in [0, 0.1) is 11.3 Å². The van der Waals surface area contributed by atoms with Gasteiger partial charge in [-0.2, -0.15) is 0 Å². The summed E-state index contributed by atoms with van der Waals surface area (Å²) in [6.07, 6.45) is 8.23. The molecule has 0 aromatic carbocycles. The molecule has 0 aromatic rings. The first-order chi connectivity index (χ1) is 7.60. The lowest BCUT2D eigenvalue weighted by atomic mass is 9.71. The molecular weight excluding hydrogens is 270 g/mol. The number of allylic oxidation sites excluding steroid dienone is 2. The molecule has 1 aliphatic heterocycles. The third kappa shape index (κ3) is 1.65. The summed E-state index contributed by atoms with van der Waals surface area (Å²) in [5, 5.41) is 2.43. The molecule has 2 aliphatic rings. The molecule has 2 unspecified atom stereocenters. The second kappa shape index (κ2) is 4.17. The van der Waals surface area contributed by atoms with E-state index < -0.39 is 5.41 Å². The Bertz CT molecular complexity index is 400. The molecular formula is C12H14BrNO2. The number of hydrogen-bond donors (Lipinski definition) is 1. The third-order valence-electron chi connectivity index (χ3n) is 3.28. The van der Waals surface area contributed by atoms with E-state index in [1.807, 2.05) is 18.2 Å². The Balaban J connectivity index is 2.38. The predicted molar refractivity (Wildman–Crippen MR) is 64.7 cm³/mol. The van der Waals surface area contributed by atoms with E-state index in [-0.39, 0.29) is 17.7 Å². The fourth-order valence-electron chi connectivity index (χ4n) is 2.39. The van der Waals surface area contributed by atoms with Gasteiger partial charge in [-0.1, -0.05) is 53.9 Å². The Morgan fingerprint density at radius 1 is 1.50 bits per heavy atom. The molecule has 2 rings (SSSR count). The van der Waals surface area contributed by atoms with Crippen LogP contribution >= 0.6 is 15.9 Å². The van der Waals surface area contributed by atoms with Gasteiger partial charge in [0, 0.05) is 4.48 Å². The number of carbonyl (C=O) groups is 2. The predicted octanol–water partition coefficient (Wildman–Crippen LogP) is 2.28. The molecule has 0 spiro atoms. The van der Waals surface area contributed by atoms with Gasteiger partial charge in [0.2, 0.25) is 11.8 Å². The highest BCUT2D eigenvalue weighted by Crippen LogP contribution is 2.44. The summed E-state index contributed by atoms with van der Waals surface area (Å²) in [4.78, 5) is 23.6. The van der Waals surface area contributed by atoms with E-state index in [1.54, 1.807) is 0 Å². The molecule has 1 N–H and O–H groups in total. The molecule has 2 amide bonds. The van der Waals surface area contributed by atoms with Crippen LogP contribution in [0.15, 0.2) is 22.7 Å². The number of nitrogens with one attached hydrogen (secondary N) is 1. The van der Waals surface area contributed by atoms with Gasteiger partial charge in [-0.05, 0) is 6.42 Å². The smallest absolute Gasteiger partial charge is 0.237 e. The van der Waals surface area contributed by atoms with Crippen molar-refractivity contribution in [3.8, 4) is 0 Å². The van der Waals surface area contributed by atoms with Crippen molar-refractivity contribution in [3.63, 3.8) is 0 Å². The minimum absolute atomic E-state index is 0.155. The van der Waals surface area contributed by atoms with E-state index in [0.29, 0.717) is 0 Å². The molecule has 0 aromatic heterocycles. The average molecular weight is 284 g/mol. The third-order valence-corrected chi connectivity index (χ3v) is 3.78. The highest BCUT2D eigenvalue weighted by atomic mass is 79.9. The van der Waals surface area contributed by atoms with Crippen molar-refractivity contribution >= 4 is 27.7 Å². The minimum atomic E-state index is -0.652. The molecule has 1 heterocycles. The number of fused-ring (bicyclic) bond motifs is 1. The summed E-state index contributed by atoms with van der Waals surface area (Å²) in [7, 11) is 0. The van der Waals surface area contributed by atoms with Crippen LogP contribution in [-0.2, 0) is 9.59 Å². The number of imide groups is 1. The Hall–Kier alpha value is -0.900. The first kappa shape index (κ1) is 11.6. The Morgan fingerprint density at radius 2 is 2.25 bits per heavy atom. The van der Waals surface area contributed by atoms with E-state index >= 15 is 0 Å². The van der Waals surface area contributed by atoms with Crippen molar-refractivity contribution in [3.05, 3.63) is 22.7 Å². The van der Waals surface area contributed by atoms with Crippen LogP contribution in [0.3, 0.4) is 0 Å². The highest BCUT2D eigenvalue weighted by molar-refractivity contribution is 9.11. The first-order valence-electron chi connectivity index (χ1n) is 5.52. The summed E-state index contributed by atoms with van der Waals surface area (Å²) < 4.78 is 0.879. The largest absolute Gasteiger partial charge is 0.295 e. The second-order valence-corrected chi connectivity index (χ2v) is 5.24. The molecule has 1 aliphatic carbocycles. The van der Waals surface area contributed by atoms with E-state index in [4.69, 9.17) is 0 Å². The number of carbonyl (C=O) groups excluding carboxylic acids is 2. The van der Waals surface area contributed by atoms with Crippen LogP contribution in [-0.4, -0.2) is 11.8 Å². The van der Waals surface area contributed by atoms with E-state index in [2.05, 4.69) is 28.2 Å². The number of halogens is 1. The minimum Gasteiger partial charge on any atom is -0.295 e. The van der Waals surface area contributed by atoms with Gasteiger partial charge in [0.1, 0.15) is 0 Å². The van der Waals surface area contributed by atoms with Crippen LogP contribution < -0.4 is 5.32 Å². The Kier molecular flexibility index (Phi) is 3.02. The summed E-state index contributed by atoms with van der Waals surface area (Å²) in [5.74, 6) is -0.654. The zero-order chi connectivity index (χ0) is 11.8. The maximum atomic E-state index is 12.0. The van der Waals surface area contributed by atoms with Gasteiger partial charge < -0.3 is 0 Å². The summed E-state index contributed by atoms with van der Waals surface area (Å²) in [5.41, 5.74) is -0.652. The lowest BCUT2D eigenvalue weighted by Crippen LogP contribution is -2.34. The summed E-state index contributed by atoms with van der Waals surface area (Å²) in [6, 6.07) is 0. The fraction of sp³-hybridized carbons (Fsp3) is 0.500. The normalized spacial score (nSPS) is 32.4. The van der Waals surface area contributed by atoms with Crippen LogP contribution in [0.1, 0.15) is 26.2 Å². The van der Waals surface area contributed by atoms with Gasteiger partial charge in [0.25, 0.3) is 0 Å². The molecule has 0 radical (unpaired) electrons. The molecule has 0 saturated carbocycles.